The molecule has 2 N–H and O–H groups in total. The predicted octanol–water partition coefficient (Wildman–Crippen LogP) is 1.97. The van der Waals surface area contributed by atoms with E-state index < -0.39 is 11.9 Å². The Morgan fingerprint density at radius 1 is 1.48 bits per heavy atom. The maximum absolute atomic E-state index is 11.3. The lowest BCUT2D eigenvalue weighted by molar-refractivity contribution is -0.140. The zero-order valence-corrected chi connectivity index (χ0v) is 11.2. The van der Waals surface area contributed by atoms with Gasteiger partial charge >= 0.3 is 5.97 Å². The third-order valence-electron chi connectivity index (χ3n) is 4.47. The Hall–Kier alpha value is -2.74. The van der Waals surface area contributed by atoms with E-state index in [-0.39, 0.29) is 12.6 Å². The Kier molecular flexibility index (Phi) is 2.36. The largest absolute Gasteiger partial charge is 0.481 e. The van der Waals surface area contributed by atoms with Gasteiger partial charge in [0.1, 0.15) is 0 Å². The van der Waals surface area contributed by atoms with Crippen LogP contribution in [-0.4, -0.2) is 33.5 Å². The summed E-state index contributed by atoms with van der Waals surface area (Å²) in [5, 5.41) is 19.8. The lowest BCUT2D eigenvalue weighted by Crippen LogP contribution is -2.43. The number of aliphatic carboxylic acids is 1. The topological polar surface area (TPSA) is 80.1 Å². The molecule has 2 aromatic rings. The van der Waals surface area contributed by atoms with Gasteiger partial charge < -0.3 is 15.0 Å². The fourth-order valence-corrected chi connectivity index (χ4v) is 3.50. The molecule has 0 spiro atoms. The van der Waals surface area contributed by atoms with Gasteiger partial charge in [-0.15, -0.1) is 0 Å². The smallest absolute Gasteiger partial charge is 0.312 e. The van der Waals surface area contributed by atoms with E-state index in [1.165, 1.54) is 5.56 Å². The first-order valence-corrected chi connectivity index (χ1v) is 6.89. The van der Waals surface area contributed by atoms with E-state index in [4.69, 9.17) is 0 Å². The molecule has 1 aliphatic heterocycles. The van der Waals surface area contributed by atoms with Crippen molar-refractivity contribution in [2.24, 2.45) is 5.92 Å². The van der Waals surface area contributed by atoms with Gasteiger partial charge in [0.2, 0.25) is 0 Å². The first-order valence-electron chi connectivity index (χ1n) is 6.89. The molecule has 5 heteroatoms. The minimum absolute atomic E-state index is 0.0560. The number of aromatic nitrogens is 1. The molecule has 1 aromatic carbocycles. The molecule has 0 radical (unpaired) electrons. The molecule has 0 bridgehead atoms. The maximum atomic E-state index is 11.3. The number of carbonyl (C=O) groups is 1. The van der Waals surface area contributed by atoms with Crippen LogP contribution in [0.3, 0.4) is 0 Å². The van der Waals surface area contributed by atoms with E-state index in [0.717, 1.165) is 28.5 Å². The second-order valence-electron chi connectivity index (χ2n) is 5.58. The van der Waals surface area contributed by atoms with Crippen LogP contribution in [-0.2, 0) is 11.2 Å². The van der Waals surface area contributed by atoms with Crippen molar-refractivity contribution in [3.05, 3.63) is 41.6 Å². The Labute approximate surface area is 121 Å². The van der Waals surface area contributed by atoms with Gasteiger partial charge in [-0.2, -0.15) is 5.26 Å². The van der Waals surface area contributed by atoms with Crippen LogP contribution in [0.25, 0.3) is 16.5 Å². The molecule has 0 saturated heterocycles. The Morgan fingerprint density at radius 3 is 3.10 bits per heavy atom. The molecule has 21 heavy (non-hydrogen) atoms. The average Bonchev–Trinajstić information content (AvgIpc) is 2.91. The lowest BCUT2D eigenvalue weighted by atomic mass is 9.80. The van der Waals surface area contributed by atoms with Crippen LogP contribution in [0.5, 0.6) is 0 Å². The molecule has 2 atom stereocenters. The van der Waals surface area contributed by atoms with Gasteiger partial charge in [-0.25, -0.2) is 0 Å². The molecule has 2 heterocycles. The molecule has 104 valence electrons. The van der Waals surface area contributed by atoms with Crippen LogP contribution in [0.2, 0.25) is 0 Å². The van der Waals surface area contributed by atoms with Gasteiger partial charge in [-0.05, 0) is 29.2 Å². The zero-order valence-electron chi connectivity index (χ0n) is 11.2. The van der Waals surface area contributed by atoms with Gasteiger partial charge in [0.05, 0.1) is 12.0 Å². The molecule has 5 nitrogen and oxygen atoms in total. The third kappa shape index (κ3) is 1.59. The number of nitriles is 1. The van der Waals surface area contributed by atoms with Crippen LogP contribution in [0.15, 0.2) is 30.5 Å². The van der Waals surface area contributed by atoms with Crippen molar-refractivity contribution >= 4 is 22.4 Å². The molecule has 2 aliphatic rings. The third-order valence-corrected chi connectivity index (χ3v) is 4.47. The Morgan fingerprint density at radius 2 is 2.33 bits per heavy atom. The Bertz CT molecular complexity index is 828. The van der Waals surface area contributed by atoms with Crippen LogP contribution < -0.4 is 0 Å². The molecule has 2 unspecified atom stereocenters. The highest BCUT2D eigenvalue weighted by Crippen LogP contribution is 2.40. The summed E-state index contributed by atoms with van der Waals surface area (Å²) in [5.41, 5.74) is 4.26. The van der Waals surface area contributed by atoms with Gasteiger partial charge in [0.25, 0.3) is 0 Å². The number of nitrogens with zero attached hydrogens (tertiary/aromatic N) is 2. The quantitative estimate of drug-likeness (QED) is 0.782. The van der Waals surface area contributed by atoms with E-state index in [9.17, 15) is 15.2 Å². The molecular weight excluding hydrogens is 266 g/mol. The van der Waals surface area contributed by atoms with E-state index in [2.05, 4.69) is 11.2 Å². The van der Waals surface area contributed by atoms with Crippen LogP contribution in [0.4, 0.5) is 0 Å². The van der Waals surface area contributed by atoms with Crippen molar-refractivity contribution in [3.8, 4) is 6.19 Å². The summed E-state index contributed by atoms with van der Waals surface area (Å²) < 4.78 is 0. The standard InChI is InChI=1S/C16H13N3O2/c17-8-19-7-10(16(20)21)4-12-11-2-1-3-13-15(11)9(6-18-13)5-14(12)19/h1-4,6,10,14,18H,5,7H2,(H,20,21). The van der Waals surface area contributed by atoms with Gasteiger partial charge in [-0.3, -0.25) is 4.79 Å². The summed E-state index contributed by atoms with van der Waals surface area (Å²) in [6, 6.07) is 5.93. The number of rotatable bonds is 1. The monoisotopic (exact) mass is 279 g/mol. The molecule has 0 amide bonds. The normalized spacial score (nSPS) is 23.4. The molecule has 4 rings (SSSR count). The van der Waals surface area contributed by atoms with Crippen LogP contribution in [0.1, 0.15) is 11.1 Å². The molecule has 1 aromatic heterocycles. The SMILES string of the molecule is N#CN1CC(C(=O)O)C=C2c3cccc4[nH]cc(c34)CC21. The first kappa shape index (κ1) is 12.0. The summed E-state index contributed by atoms with van der Waals surface area (Å²) in [6.45, 7) is 0.246. The highest BCUT2D eigenvalue weighted by atomic mass is 16.4. The average molecular weight is 279 g/mol. The van der Waals surface area contributed by atoms with Crippen molar-refractivity contribution in [3.63, 3.8) is 0 Å². The minimum Gasteiger partial charge on any atom is -0.481 e. The number of aromatic amines is 1. The second-order valence-corrected chi connectivity index (χ2v) is 5.58. The lowest BCUT2D eigenvalue weighted by Gasteiger charge is -2.37. The van der Waals surface area contributed by atoms with E-state index in [1.54, 1.807) is 4.90 Å². The summed E-state index contributed by atoms with van der Waals surface area (Å²) in [6.07, 6.45) is 6.72. The number of nitrogens with one attached hydrogen (secondary N) is 1. The van der Waals surface area contributed by atoms with Gasteiger partial charge in [-0.1, -0.05) is 18.2 Å². The molecule has 1 aliphatic carbocycles. The summed E-state index contributed by atoms with van der Waals surface area (Å²) in [7, 11) is 0. The van der Waals surface area contributed by atoms with Crippen molar-refractivity contribution < 1.29 is 9.90 Å². The van der Waals surface area contributed by atoms with Crippen LogP contribution in [0, 0.1) is 17.4 Å². The maximum Gasteiger partial charge on any atom is 0.312 e. The molecule has 0 fully saturated rings. The number of hydrogen-bond donors (Lipinski definition) is 2. The molecular formula is C16H13N3O2. The second kappa shape index (κ2) is 4.13. The number of fused-ring (bicyclic) bond motifs is 2. The minimum atomic E-state index is -0.881. The summed E-state index contributed by atoms with van der Waals surface area (Å²) in [4.78, 5) is 16.2. The predicted molar refractivity (Wildman–Crippen MR) is 77.2 cm³/mol. The summed E-state index contributed by atoms with van der Waals surface area (Å²) >= 11 is 0. The van der Waals surface area contributed by atoms with Crippen LogP contribution >= 0.6 is 0 Å². The fourth-order valence-electron chi connectivity index (χ4n) is 3.50. The molecule has 0 saturated carbocycles. The number of hydrogen-bond acceptors (Lipinski definition) is 3. The number of H-pyrrole nitrogens is 1. The van der Waals surface area contributed by atoms with Crippen molar-refractivity contribution in [2.75, 3.05) is 6.54 Å². The van der Waals surface area contributed by atoms with Crippen molar-refractivity contribution in [1.29, 1.82) is 5.26 Å². The number of benzene rings is 1. The van der Waals surface area contributed by atoms with Crippen molar-refractivity contribution in [1.82, 2.24) is 9.88 Å². The number of carboxylic acids is 1. The van der Waals surface area contributed by atoms with Gasteiger partial charge in [0.15, 0.2) is 6.19 Å². The fraction of sp³-hybridized carbons (Fsp3) is 0.250. The zero-order chi connectivity index (χ0) is 14.6. The van der Waals surface area contributed by atoms with E-state index in [0.29, 0.717) is 0 Å². The van der Waals surface area contributed by atoms with E-state index >= 15 is 0 Å². The van der Waals surface area contributed by atoms with Crippen molar-refractivity contribution in [2.45, 2.75) is 12.5 Å². The number of carboxylic acid groups (broad SMARTS) is 1. The summed E-state index contributed by atoms with van der Waals surface area (Å²) in [5.74, 6) is -1.51. The Balaban J connectivity index is 1.96. The van der Waals surface area contributed by atoms with E-state index in [1.807, 2.05) is 30.5 Å². The first-order chi connectivity index (χ1) is 10.2. The van der Waals surface area contributed by atoms with Gasteiger partial charge in [0, 0.05) is 23.6 Å². The highest BCUT2D eigenvalue weighted by Gasteiger charge is 2.36. The highest BCUT2D eigenvalue weighted by molar-refractivity contribution is 5.99.